The fourth-order valence-corrected chi connectivity index (χ4v) is 1.44. The summed E-state index contributed by atoms with van der Waals surface area (Å²) < 4.78 is 39.1. The van der Waals surface area contributed by atoms with E-state index < -0.39 is 18.5 Å². The van der Waals surface area contributed by atoms with Crippen LogP contribution in [0.15, 0.2) is 0 Å². The van der Waals surface area contributed by atoms with Gasteiger partial charge in [-0.1, -0.05) is 12.8 Å². The van der Waals surface area contributed by atoms with Gasteiger partial charge in [-0.15, -0.1) is 13.2 Å². The number of halogens is 3. The van der Waals surface area contributed by atoms with E-state index in [9.17, 15) is 13.2 Å². The molecular weight excluding hydrogens is 171 g/mol. The van der Waals surface area contributed by atoms with E-state index >= 15 is 0 Å². The maximum absolute atomic E-state index is 11.7. The molecule has 0 unspecified atom stereocenters. The summed E-state index contributed by atoms with van der Waals surface area (Å²) in [6.45, 7) is 0. The minimum atomic E-state index is -4.54. The predicted octanol–water partition coefficient (Wildman–Crippen LogP) is 1.79. The fourth-order valence-electron chi connectivity index (χ4n) is 1.44. The van der Waals surface area contributed by atoms with Crippen molar-refractivity contribution in [2.45, 2.75) is 44.2 Å². The zero-order valence-electron chi connectivity index (χ0n) is 6.60. The maximum Gasteiger partial charge on any atom is 0.522 e. The average molecular weight is 183 g/mol. The summed E-state index contributed by atoms with van der Waals surface area (Å²) in [5, 5.41) is 0. The fraction of sp³-hybridized carbons (Fsp3) is 1.00. The van der Waals surface area contributed by atoms with Crippen LogP contribution in [-0.2, 0) is 4.74 Å². The van der Waals surface area contributed by atoms with Gasteiger partial charge in [-0.3, -0.25) is 4.74 Å². The van der Waals surface area contributed by atoms with Crippen LogP contribution in [0.4, 0.5) is 13.2 Å². The number of nitrogens with two attached hydrogens (primary N) is 1. The quantitative estimate of drug-likeness (QED) is 0.672. The Morgan fingerprint density at radius 1 is 1.17 bits per heavy atom. The van der Waals surface area contributed by atoms with Crippen molar-refractivity contribution in [3.8, 4) is 0 Å². The lowest BCUT2D eigenvalue weighted by Gasteiger charge is -2.28. The van der Waals surface area contributed by atoms with E-state index in [4.69, 9.17) is 5.73 Å². The third-order valence-corrected chi connectivity index (χ3v) is 2.04. The Labute approximate surface area is 68.9 Å². The van der Waals surface area contributed by atoms with Gasteiger partial charge in [-0.2, -0.15) is 0 Å². The molecular formula is C7H12F3NO. The first-order chi connectivity index (χ1) is 5.49. The van der Waals surface area contributed by atoms with Crippen LogP contribution in [0.25, 0.3) is 0 Å². The van der Waals surface area contributed by atoms with Crippen molar-refractivity contribution in [1.29, 1.82) is 0 Å². The number of rotatable bonds is 1. The summed E-state index contributed by atoms with van der Waals surface area (Å²) in [5.41, 5.74) is 5.46. The Balaban J connectivity index is 2.39. The van der Waals surface area contributed by atoms with Crippen LogP contribution in [0.1, 0.15) is 25.7 Å². The summed E-state index contributed by atoms with van der Waals surface area (Å²) in [4.78, 5) is 0. The second-order valence-electron chi connectivity index (χ2n) is 3.05. The van der Waals surface area contributed by atoms with Crippen LogP contribution in [0, 0.1) is 0 Å². The maximum atomic E-state index is 11.7. The van der Waals surface area contributed by atoms with Gasteiger partial charge in [0, 0.05) is 6.04 Å². The molecule has 0 spiro atoms. The second-order valence-corrected chi connectivity index (χ2v) is 3.05. The van der Waals surface area contributed by atoms with Crippen molar-refractivity contribution in [3.63, 3.8) is 0 Å². The van der Waals surface area contributed by atoms with Crippen LogP contribution in [0.2, 0.25) is 0 Å². The summed E-state index contributed by atoms with van der Waals surface area (Å²) in [6.07, 6.45) is -2.66. The number of ether oxygens (including phenoxy) is 1. The highest BCUT2D eigenvalue weighted by atomic mass is 19.4. The molecule has 2 nitrogen and oxygen atoms in total. The molecule has 0 heterocycles. The first-order valence-corrected chi connectivity index (χ1v) is 3.99. The molecule has 72 valence electrons. The smallest absolute Gasteiger partial charge is 0.325 e. The number of hydrogen-bond acceptors (Lipinski definition) is 2. The molecule has 2 N–H and O–H groups in total. The minimum Gasteiger partial charge on any atom is -0.325 e. The van der Waals surface area contributed by atoms with Crippen molar-refractivity contribution in [2.24, 2.45) is 5.73 Å². The number of alkyl halides is 3. The van der Waals surface area contributed by atoms with E-state index in [0.29, 0.717) is 12.8 Å². The Morgan fingerprint density at radius 3 is 2.25 bits per heavy atom. The van der Waals surface area contributed by atoms with Crippen LogP contribution in [-0.4, -0.2) is 18.5 Å². The highest BCUT2D eigenvalue weighted by Crippen LogP contribution is 2.26. The van der Waals surface area contributed by atoms with Gasteiger partial charge >= 0.3 is 6.36 Å². The van der Waals surface area contributed by atoms with Gasteiger partial charge in [0.25, 0.3) is 0 Å². The van der Waals surface area contributed by atoms with E-state index in [1.807, 2.05) is 0 Å². The first kappa shape index (κ1) is 9.80. The van der Waals surface area contributed by atoms with Crippen molar-refractivity contribution in [3.05, 3.63) is 0 Å². The van der Waals surface area contributed by atoms with E-state index in [1.165, 1.54) is 0 Å². The van der Waals surface area contributed by atoms with Gasteiger partial charge < -0.3 is 5.73 Å². The summed E-state index contributed by atoms with van der Waals surface area (Å²) in [7, 11) is 0. The molecule has 12 heavy (non-hydrogen) atoms. The predicted molar refractivity (Wildman–Crippen MR) is 37.4 cm³/mol. The van der Waals surface area contributed by atoms with Gasteiger partial charge in [0.05, 0.1) is 6.10 Å². The molecule has 1 aliphatic carbocycles. The Hall–Kier alpha value is -0.290. The molecule has 0 aliphatic heterocycles. The summed E-state index contributed by atoms with van der Waals surface area (Å²) >= 11 is 0. The average Bonchev–Trinajstić information content (AvgIpc) is 1.91. The topological polar surface area (TPSA) is 35.2 Å². The SMILES string of the molecule is N[C@@H]1CCCC[C@H]1OC(F)(F)F. The second kappa shape index (κ2) is 3.62. The Bertz CT molecular complexity index is 148. The number of hydrogen-bond donors (Lipinski definition) is 1. The van der Waals surface area contributed by atoms with Crippen LogP contribution in [0.5, 0.6) is 0 Å². The lowest BCUT2D eigenvalue weighted by atomic mass is 9.93. The Morgan fingerprint density at radius 2 is 1.75 bits per heavy atom. The van der Waals surface area contributed by atoms with Gasteiger partial charge in [0.1, 0.15) is 0 Å². The molecule has 5 heteroatoms. The molecule has 1 saturated carbocycles. The molecule has 0 amide bonds. The summed E-state index contributed by atoms with van der Waals surface area (Å²) in [5.74, 6) is 0. The van der Waals surface area contributed by atoms with Crippen LogP contribution >= 0.6 is 0 Å². The van der Waals surface area contributed by atoms with Gasteiger partial charge in [0.15, 0.2) is 0 Å². The Kier molecular flexibility index (Phi) is 2.95. The third kappa shape index (κ3) is 2.98. The minimum absolute atomic E-state index is 0.417. The lowest BCUT2D eigenvalue weighted by molar-refractivity contribution is -0.346. The molecule has 2 atom stereocenters. The summed E-state index contributed by atoms with van der Waals surface area (Å²) in [6, 6.07) is -0.458. The van der Waals surface area contributed by atoms with E-state index in [2.05, 4.69) is 4.74 Å². The van der Waals surface area contributed by atoms with Gasteiger partial charge in [0.2, 0.25) is 0 Å². The molecule has 0 saturated heterocycles. The highest BCUT2D eigenvalue weighted by molar-refractivity contribution is 4.78. The highest BCUT2D eigenvalue weighted by Gasteiger charge is 2.36. The molecule has 0 bridgehead atoms. The largest absolute Gasteiger partial charge is 0.522 e. The lowest BCUT2D eigenvalue weighted by Crippen LogP contribution is -2.42. The monoisotopic (exact) mass is 183 g/mol. The zero-order valence-corrected chi connectivity index (χ0v) is 6.60. The zero-order chi connectivity index (χ0) is 9.19. The van der Waals surface area contributed by atoms with Crippen molar-refractivity contribution < 1.29 is 17.9 Å². The molecule has 0 aromatic heterocycles. The van der Waals surface area contributed by atoms with Crippen LogP contribution in [0.3, 0.4) is 0 Å². The molecule has 0 aromatic carbocycles. The standard InChI is InChI=1S/C7H12F3NO/c8-7(9,10)12-6-4-2-1-3-5(6)11/h5-6H,1-4,11H2/t5-,6-/m1/s1. The first-order valence-electron chi connectivity index (χ1n) is 3.99. The molecule has 1 rings (SSSR count). The molecule has 1 fully saturated rings. The van der Waals surface area contributed by atoms with E-state index in [-0.39, 0.29) is 0 Å². The van der Waals surface area contributed by atoms with Gasteiger partial charge in [-0.05, 0) is 12.8 Å². The van der Waals surface area contributed by atoms with Crippen LogP contribution < -0.4 is 5.73 Å². The third-order valence-electron chi connectivity index (χ3n) is 2.04. The molecule has 1 aliphatic rings. The van der Waals surface area contributed by atoms with E-state index in [0.717, 1.165) is 12.8 Å². The molecule has 0 radical (unpaired) electrons. The normalized spacial score (nSPS) is 32.0. The van der Waals surface area contributed by atoms with Crippen molar-refractivity contribution in [1.82, 2.24) is 0 Å². The molecule has 0 aromatic rings. The van der Waals surface area contributed by atoms with Gasteiger partial charge in [-0.25, -0.2) is 0 Å². The van der Waals surface area contributed by atoms with Crippen molar-refractivity contribution >= 4 is 0 Å². The van der Waals surface area contributed by atoms with E-state index in [1.54, 1.807) is 0 Å². The van der Waals surface area contributed by atoms with Crippen molar-refractivity contribution in [2.75, 3.05) is 0 Å².